The number of aliphatic hydroxyl groups excluding tert-OH is 2. The van der Waals surface area contributed by atoms with Crippen LogP contribution in [-0.4, -0.2) is 182 Å². The second kappa shape index (κ2) is 51.8. The molecule has 5 aliphatic rings. The maximum atomic E-state index is 12.1. The van der Waals surface area contributed by atoms with Gasteiger partial charge in [0, 0.05) is 27.6 Å². The molecule has 74 nitrogen and oxygen atoms in total. The summed E-state index contributed by atoms with van der Waals surface area (Å²) in [5.74, 6) is 4.32. The molecule has 0 aliphatic carbocycles. The smallest absolute Gasteiger partial charge is 0.472 e. The first-order valence-electron chi connectivity index (χ1n) is 31.4. The van der Waals surface area contributed by atoms with Crippen LogP contribution >= 0.6 is 125 Å². The second-order valence-corrected chi connectivity index (χ2v) is 45.4. The highest BCUT2D eigenvalue weighted by Crippen LogP contribution is 2.67. The predicted molar refractivity (Wildman–Crippen MR) is 356 cm³/mol. The summed E-state index contributed by atoms with van der Waals surface area (Å²) in [6, 6.07) is -3.09. The monoisotopic (exact) mass is 2160 g/mol. The van der Waals surface area contributed by atoms with E-state index < -0.39 is 249 Å². The molecule has 5 rings (SSSR count). The fourth-order valence-electron chi connectivity index (χ4n) is 8.64. The van der Waals surface area contributed by atoms with E-state index in [0.29, 0.717) is 0 Å². The van der Waals surface area contributed by atoms with Gasteiger partial charge in [0.15, 0.2) is 12.6 Å². The number of terminal acetylenes is 2. The van der Waals surface area contributed by atoms with Crippen LogP contribution in [0.15, 0.2) is 15.3 Å². The van der Waals surface area contributed by atoms with Gasteiger partial charge in [-0.1, -0.05) is 15.3 Å². The number of azide groups is 3. The summed E-state index contributed by atoms with van der Waals surface area (Å²) in [5.41, 5.74) is 25.2. The summed E-state index contributed by atoms with van der Waals surface area (Å²) in [7, 11) is -91.2. The zero-order valence-electron chi connectivity index (χ0n) is 62.1. The van der Waals surface area contributed by atoms with Gasteiger partial charge in [0.05, 0.1) is 87.8 Å². The summed E-state index contributed by atoms with van der Waals surface area (Å²) >= 11 is 0. The Hall–Kier alpha value is -1.23. The molecule has 126 heavy (non-hydrogen) atoms. The average molecular weight is 2160 g/mol. The molecule has 0 amide bonds. The van der Waals surface area contributed by atoms with E-state index in [0.717, 1.165) is 0 Å². The van der Waals surface area contributed by atoms with Gasteiger partial charge in [-0.15, -0.1) is 24.7 Å². The third-order valence-electron chi connectivity index (χ3n) is 12.9. The Kier molecular flexibility index (Phi) is 50.5. The van der Waals surface area contributed by atoms with Gasteiger partial charge in [0.25, 0.3) is 86.0 Å². The van der Waals surface area contributed by atoms with Crippen LogP contribution < -0.4 is 68.5 Å². The minimum absolute atomic E-state index is 0.0392. The first-order chi connectivity index (χ1) is 56.9. The number of phosphoric acid groups is 16. The Morgan fingerprint density at radius 3 is 1.00 bits per heavy atom. The maximum absolute atomic E-state index is 12.1. The van der Waals surface area contributed by atoms with Crippen LogP contribution in [0.25, 0.3) is 31.3 Å². The minimum Gasteiger partial charge on any atom is -0.756 e. The SMILES string of the molecule is C#CCCOP(=O)(O)OC1[C@@H](COP(=O)([O-])O)O[C@@H](C)[C@H]1O.C#CCCOP(=O)(O)OC1[C@@H](COP(=O)([O-])OOP(=O)([O-])OP(=O)([O-])OP(=O)([O-])O[C@H]2O[C@@H](C)CC2N=[N+]=[N-])O[C@@H](C)[C@H]1O.C[C@H]1CC(N=[N+]=[N-])[C@@H](COP(=O)([O-])OP(=O)([O-])OP(=O)([O-])O)O1.C[C@H]1CC(N=[N+]=[N-])[C@@H](OP(=O)([O-])OP(=O)([O-])OP(=O)([O-])OO)O1.O=P([O-])(O)OP(=O)([O-])OP(=O)([O-])OO. The van der Waals surface area contributed by atoms with Gasteiger partial charge in [0.2, 0.25) is 0 Å². The zero-order chi connectivity index (χ0) is 97.9. The number of ether oxygens (including phenoxy) is 5. The Bertz CT molecular complexity index is 4660. The standard InChI is InChI=1S/C15H28N3O21P5.C10H18O10P2.C6H14N3O11P3.C5H12N3O12P3.H5O11P3/c1-4-5-6-30-40(20,21)34-14-12(33-10(3)13(14)19)8-31-41(22,23)36-37-43(26,27)39-44(28,29)38-42(24,25)35-15-11(17-18-16)7-9(2)32-15;1-3-4-5-17-22(15,16)20-10-8(6-18-21(12,13)14)19-7(2)9(10)11;1-4-2-5(8-9-7)6(18-4)3-17-22(13,14)20-23(15,16)19-21(10,11)12;1-3-2-4(7-8-6)5(16-3)17-21(10,11)19-23(14,15)20-22(12,13)18-9;1-9-13(5,6)11-14(7,8)10-12(2,3)4/h1,9-15,19H,5-8H2,2-3H3,(H,20,21)(H,22,23)(H,24,25)(H,26,27)(H,28,29);1,7-11H,4-6H2,2H3,(H,15,16)(H2,12,13,14);4-6H,2-3H2,1H3,(H,13,14)(H,15,16)(H2,10,11,12);3-5,9H,2H2,1H3,(H,10,11)(H,12,13)(H,14,15);1H,(H,5,6)(H,7,8)(H2,2,3,4)/p-14/t9-,10-,11?,12+,13+,14?,15+;7-,8+,9+,10?;4-,5?,6+;3-,4?,5+;/m0000./s1. The zero-order valence-corrected chi connectivity index (χ0v) is 76.4. The fraction of sp³-hybridized carbons (Fsp3) is 0.889. The van der Waals surface area contributed by atoms with Gasteiger partial charge < -0.3 is 140 Å². The van der Waals surface area contributed by atoms with E-state index in [1.54, 1.807) is 6.92 Å². The normalized spacial score (nSPS) is 32.3. The number of hydrogen-bond donors (Lipinski definition) is 9. The summed E-state index contributed by atoms with van der Waals surface area (Å²) < 4.78 is 282. The van der Waals surface area contributed by atoms with E-state index in [2.05, 4.69) is 127 Å². The number of nitrogens with zero attached hydrogens (tertiary/aromatic N) is 9. The third kappa shape index (κ3) is 52.2. The summed E-state index contributed by atoms with van der Waals surface area (Å²) in [6.07, 6.45) is -6.71. The van der Waals surface area contributed by atoms with Crippen molar-refractivity contribution < 1.29 is 304 Å². The van der Waals surface area contributed by atoms with Crippen LogP contribution in [0.2, 0.25) is 0 Å². The lowest BCUT2D eigenvalue weighted by molar-refractivity contribution is -0.312. The van der Waals surface area contributed by atoms with E-state index in [-0.39, 0.29) is 44.8 Å². The predicted octanol–water partition coefficient (Wildman–Crippen LogP) is -4.56. The van der Waals surface area contributed by atoms with Crippen LogP contribution in [-0.2, 0) is 191 Å². The summed E-state index contributed by atoms with van der Waals surface area (Å²) in [6.45, 7) is 3.98. The molecule has 21 unspecified atom stereocenters. The summed E-state index contributed by atoms with van der Waals surface area (Å²) in [5, 5.41) is 45.2. The van der Waals surface area contributed by atoms with Crippen molar-refractivity contribution >= 4 is 125 Å². The van der Waals surface area contributed by atoms with Gasteiger partial charge in [0.1, 0.15) is 36.6 Å². The molecular formula is C36H63N9O65P16-14. The van der Waals surface area contributed by atoms with Crippen LogP contribution in [0, 0.1) is 24.7 Å². The Labute approximate surface area is 702 Å². The van der Waals surface area contributed by atoms with E-state index >= 15 is 0 Å². The van der Waals surface area contributed by atoms with E-state index in [1.807, 2.05) is 0 Å². The van der Waals surface area contributed by atoms with Crippen molar-refractivity contribution in [2.75, 3.05) is 33.0 Å². The van der Waals surface area contributed by atoms with Crippen molar-refractivity contribution in [2.24, 2.45) is 15.3 Å². The van der Waals surface area contributed by atoms with Crippen molar-refractivity contribution in [3.05, 3.63) is 31.3 Å². The Balaban J connectivity index is 0.000000833. The highest BCUT2D eigenvalue weighted by Gasteiger charge is 2.49. The average Bonchev–Trinajstić information content (AvgIpc) is 1.56. The highest BCUT2D eigenvalue weighted by molar-refractivity contribution is 7.67. The van der Waals surface area contributed by atoms with Crippen molar-refractivity contribution in [1.29, 1.82) is 0 Å². The van der Waals surface area contributed by atoms with E-state index in [9.17, 15) is 162 Å². The molecule has 5 heterocycles. The molecule has 9 N–H and O–H groups in total. The Morgan fingerprint density at radius 1 is 0.365 bits per heavy atom. The fourth-order valence-corrected chi connectivity index (χ4v) is 23.4. The van der Waals surface area contributed by atoms with Gasteiger partial charge >= 0.3 is 39.1 Å². The lowest BCUT2D eigenvalue weighted by atomic mass is 10.1. The molecular weight excluding hydrogens is 2090 g/mol. The molecule has 0 aromatic heterocycles. The Morgan fingerprint density at radius 2 is 0.659 bits per heavy atom. The number of rotatable bonds is 47. The molecule has 5 aliphatic heterocycles. The second-order valence-electron chi connectivity index (χ2n) is 22.9. The van der Waals surface area contributed by atoms with Crippen molar-refractivity contribution in [1.82, 2.24) is 0 Å². The van der Waals surface area contributed by atoms with Gasteiger partial charge in [-0.05, 0) is 70.5 Å². The number of hydrogen-bond acceptors (Lipinski definition) is 63. The van der Waals surface area contributed by atoms with Crippen LogP contribution in [0.5, 0.6) is 0 Å². The van der Waals surface area contributed by atoms with Crippen molar-refractivity contribution in [3.8, 4) is 24.7 Å². The highest BCUT2D eigenvalue weighted by atomic mass is 31.3. The third-order valence-corrected chi connectivity index (χ3v) is 31.1. The van der Waals surface area contributed by atoms with Gasteiger partial charge in [-0.2, -0.15) is 18.7 Å². The molecule has 0 aromatic rings. The topological polar surface area (TPSA) is 1160 Å². The van der Waals surface area contributed by atoms with Crippen molar-refractivity contribution in [2.45, 2.75) is 171 Å². The lowest BCUT2D eigenvalue weighted by Crippen LogP contribution is -2.36. The van der Waals surface area contributed by atoms with Crippen LogP contribution in [0.1, 0.15) is 66.7 Å². The molecule has 5 saturated heterocycles. The van der Waals surface area contributed by atoms with Crippen LogP contribution in [0.3, 0.4) is 0 Å². The maximum Gasteiger partial charge on any atom is 0.472 e. The summed E-state index contributed by atoms with van der Waals surface area (Å²) in [4.78, 5) is 205. The number of aliphatic hydroxyl groups is 2. The van der Waals surface area contributed by atoms with Gasteiger partial charge in [-0.25, -0.2) is 54.1 Å². The molecule has 0 spiro atoms. The molecule has 90 heteroatoms. The van der Waals surface area contributed by atoms with Gasteiger partial charge in [-0.3, -0.25) is 91.1 Å². The molecule has 0 radical (unpaired) electrons. The molecule has 0 bridgehead atoms. The van der Waals surface area contributed by atoms with E-state index in [4.69, 9.17) is 87.4 Å². The molecule has 0 aromatic carbocycles. The largest absolute Gasteiger partial charge is 0.756 e. The first-order valence-corrected chi connectivity index (χ1v) is 54.9. The minimum atomic E-state index is -6.47. The first kappa shape index (κ1) is 123. The quantitative estimate of drug-likeness (QED) is 0.00405. The molecule has 33 atom stereocenters. The van der Waals surface area contributed by atoms with E-state index in [1.165, 1.54) is 27.7 Å². The molecule has 736 valence electrons. The lowest BCUT2D eigenvalue weighted by Gasteiger charge is -2.35. The molecule has 5 fully saturated rings. The molecule has 0 saturated carbocycles. The van der Waals surface area contributed by atoms with Crippen LogP contribution in [0.4, 0.5) is 0 Å². The number of phosphoric ester groups is 7. The van der Waals surface area contributed by atoms with Crippen molar-refractivity contribution in [3.63, 3.8) is 0 Å².